The van der Waals surface area contributed by atoms with Gasteiger partial charge in [0.2, 0.25) is 0 Å². The summed E-state index contributed by atoms with van der Waals surface area (Å²) in [4.78, 5) is 6.54. The van der Waals surface area contributed by atoms with Gasteiger partial charge in [-0.3, -0.25) is 0 Å². The van der Waals surface area contributed by atoms with Crippen molar-refractivity contribution in [1.29, 1.82) is 5.26 Å². The Balaban J connectivity index is 1.87. The summed E-state index contributed by atoms with van der Waals surface area (Å²) in [5.41, 5.74) is 9.69. The van der Waals surface area contributed by atoms with Crippen LogP contribution in [0.25, 0.3) is 5.70 Å². The van der Waals surface area contributed by atoms with Gasteiger partial charge in [0.25, 0.3) is 0 Å². The first-order valence-corrected chi connectivity index (χ1v) is 8.42. The summed E-state index contributed by atoms with van der Waals surface area (Å²) in [6, 6.07) is 22.1. The van der Waals surface area contributed by atoms with Crippen LogP contribution in [0.2, 0.25) is 0 Å². The van der Waals surface area contributed by atoms with Crippen molar-refractivity contribution in [3.05, 3.63) is 88.6 Å². The van der Waals surface area contributed by atoms with Gasteiger partial charge >= 0.3 is 0 Å². The minimum absolute atomic E-state index is 0.259. The highest BCUT2D eigenvalue weighted by molar-refractivity contribution is 8.16. The van der Waals surface area contributed by atoms with Gasteiger partial charge in [0.1, 0.15) is 17.9 Å². The number of hydrogen-bond donors (Lipinski definition) is 1. The molecule has 2 aromatic rings. The molecule has 0 saturated heterocycles. The van der Waals surface area contributed by atoms with E-state index < -0.39 is 0 Å². The number of aliphatic imine (C=N–C) groups is 1. The van der Waals surface area contributed by atoms with Crippen molar-refractivity contribution in [3.8, 4) is 6.07 Å². The highest BCUT2D eigenvalue weighted by Crippen LogP contribution is 2.45. The third kappa shape index (κ3) is 2.29. The molecule has 0 spiro atoms. The topological polar surface area (TPSA) is 65.4 Å². The maximum absolute atomic E-state index is 9.66. The standard InChI is InChI=1S/C19H14N4S/c20-11-15-17(14-9-5-2-6-10-14)23-16(13-7-3-1-4-8-13)12-24-19(23)22-18(15)21/h1-10,12,17H,21H2. The minimum atomic E-state index is -0.259. The number of rotatable bonds is 2. The van der Waals surface area contributed by atoms with Gasteiger partial charge in [-0.15, -0.1) is 0 Å². The van der Waals surface area contributed by atoms with Crippen LogP contribution >= 0.6 is 11.8 Å². The molecule has 0 aliphatic carbocycles. The summed E-state index contributed by atoms with van der Waals surface area (Å²) in [6.45, 7) is 0. The van der Waals surface area contributed by atoms with Gasteiger partial charge in [-0.2, -0.15) is 5.26 Å². The summed E-state index contributed by atoms with van der Waals surface area (Å²) in [7, 11) is 0. The molecular weight excluding hydrogens is 316 g/mol. The molecule has 1 unspecified atom stereocenters. The maximum atomic E-state index is 9.66. The molecular formula is C19H14N4S. The van der Waals surface area contributed by atoms with Crippen LogP contribution in [0.1, 0.15) is 17.2 Å². The van der Waals surface area contributed by atoms with Crippen molar-refractivity contribution in [3.63, 3.8) is 0 Å². The maximum Gasteiger partial charge on any atom is 0.175 e. The summed E-state index contributed by atoms with van der Waals surface area (Å²) < 4.78 is 0. The van der Waals surface area contributed by atoms with Crippen molar-refractivity contribution in [2.24, 2.45) is 10.7 Å². The first-order chi connectivity index (χ1) is 11.8. The van der Waals surface area contributed by atoms with Crippen molar-refractivity contribution in [2.75, 3.05) is 0 Å². The molecule has 24 heavy (non-hydrogen) atoms. The first-order valence-electron chi connectivity index (χ1n) is 7.54. The van der Waals surface area contributed by atoms with Gasteiger partial charge in [0.15, 0.2) is 5.17 Å². The highest BCUT2D eigenvalue weighted by atomic mass is 32.2. The molecule has 2 aliphatic heterocycles. The molecule has 0 radical (unpaired) electrons. The van der Waals surface area contributed by atoms with E-state index in [0.29, 0.717) is 11.4 Å². The van der Waals surface area contributed by atoms with E-state index in [1.54, 1.807) is 0 Å². The van der Waals surface area contributed by atoms with Crippen LogP contribution in [-0.4, -0.2) is 10.1 Å². The third-order valence-electron chi connectivity index (χ3n) is 4.07. The molecule has 2 heterocycles. The van der Waals surface area contributed by atoms with Gasteiger partial charge < -0.3 is 10.6 Å². The average Bonchev–Trinajstić information content (AvgIpc) is 3.05. The van der Waals surface area contributed by atoms with E-state index in [9.17, 15) is 5.26 Å². The predicted octanol–water partition coefficient (Wildman–Crippen LogP) is 3.84. The van der Waals surface area contributed by atoms with Gasteiger partial charge in [0.05, 0.1) is 11.3 Å². The number of thioether (sulfide) groups is 1. The Morgan fingerprint density at radius 1 is 1.04 bits per heavy atom. The Labute approximate surface area is 144 Å². The largest absolute Gasteiger partial charge is 0.383 e. The van der Waals surface area contributed by atoms with Gasteiger partial charge in [-0.25, -0.2) is 4.99 Å². The van der Waals surface area contributed by atoms with Crippen molar-refractivity contribution in [1.82, 2.24) is 4.90 Å². The lowest BCUT2D eigenvalue weighted by atomic mass is 9.95. The molecule has 2 N–H and O–H groups in total. The summed E-state index contributed by atoms with van der Waals surface area (Å²) >= 11 is 1.53. The zero-order valence-corrected chi connectivity index (χ0v) is 13.6. The number of benzene rings is 2. The van der Waals surface area contributed by atoms with Crippen LogP contribution < -0.4 is 5.73 Å². The number of nitrogens with zero attached hydrogens (tertiary/aromatic N) is 3. The van der Waals surface area contributed by atoms with E-state index in [0.717, 1.165) is 22.0 Å². The van der Waals surface area contributed by atoms with Crippen LogP contribution in [0.4, 0.5) is 0 Å². The minimum Gasteiger partial charge on any atom is -0.383 e. The lowest BCUT2D eigenvalue weighted by molar-refractivity contribution is 0.490. The molecule has 4 nitrogen and oxygen atoms in total. The second-order valence-corrected chi connectivity index (χ2v) is 6.31. The van der Waals surface area contributed by atoms with E-state index in [1.165, 1.54) is 11.8 Å². The quantitative estimate of drug-likeness (QED) is 0.908. The second-order valence-electron chi connectivity index (χ2n) is 5.48. The van der Waals surface area contributed by atoms with E-state index in [1.807, 2.05) is 48.5 Å². The Bertz CT molecular complexity index is 907. The Morgan fingerprint density at radius 2 is 1.71 bits per heavy atom. The lowest BCUT2D eigenvalue weighted by Gasteiger charge is -2.34. The second kappa shape index (κ2) is 5.91. The molecule has 116 valence electrons. The van der Waals surface area contributed by atoms with Crippen LogP contribution in [0.3, 0.4) is 0 Å². The molecule has 1 atom stereocenters. The number of nitriles is 1. The Morgan fingerprint density at radius 3 is 2.38 bits per heavy atom. The Kier molecular flexibility index (Phi) is 3.60. The molecule has 0 saturated carbocycles. The van der Waals surface area contributed by atoms with Gasteiger partial charge in [0, 0.05) is 5.41 Å². The van der Waals surface area contributed by atoms with Crippen molar-refractivity contribution in [2.45, 2.75) is 6.04 Å². The zero-order valence-electron chi connectivity index (χ0n) is 12.8. The molecule has 5 heteroatoms. The fraction of sp³-hybridized carbons (Fsp3) is 0.0526. The number of hydrogen-bond acceptors (Lipinski definition) is 5. The van der Waals surface area contributed by atoms with Gasteiger partial charge in [-0.05, 0) is 11.1 Å². The van der Waals surface area contributed by atoms with Crippen LogP contribution in [0, 0.1) is 11.3 Å². The normalized spacial score (nSPS) is 19.5. The molecule has 2 aliphatic rings. The van der Waals surface area contributed by atoms with Crippen LogP contribution in [-0.2, 0) is 0 Å². The third-order valence-corrected chi connectivity index (χ3v) is 4.91. The summed E-state index contributed by atoms with van der Waals surface area (Å²) in [6.07, 6.45) is 0. The number of fused-ring (bicyclic) bond motifs is 1. The average molecular weight is 330 g/mol. The SMILES string of the molecule is N#CC1=C(N)N=C2SC=C(c3ccccc3)N2C1c1ccccc1. The van der Waals surface area contributed by atoms with Crippen molar-refractivity contribution >= 4 is 22.6 Å². The molecule has 0 aromatic heterocycles. The molecule has 0 bridgehead atoms. The van der Waals surface area contributed by atoms with E-state index in [2.05, 4.69) is 33.5 Å². The first kappa shape index (κ1) is 14.6. The van der Waals surface area contributed by atoms with Crippen molar-refractivity contribution < 1.29 is 0 Å². The molecule has 2 aromatic carbocycles. The van der Waals surface area contributed by atoms with E-state index in [-0.39, 0.29) is 6.04 Å². The zero-order chi connectivity index (χ0) is 16.5. The van der Waals surface area contributed by atoms with Crippen LogP contribution in [0.5, 0.6) is 0 Å². The molecule has 4 rings (SSSR count). The fourth-order valence-corrected chi connectivity index (χ4v) is 3.91. The number of nitrogens with two attached hydrogens (primary N) is 1. The van der Waals surface area contributed by atoms with Gasteiger partial charge in [-0.1, -0.05) is 72.4 Å². The monoisotopic (exact) mass is 330 g/mol. The Hall–Kier alpha value is -2.97. The van der Waals surface area contributed by atoms with E-state index >= 15 is 0 Å². The predicted molar refractivity (Wildman–Crippen MR) is 97.3 cm³/mol. The molecule has 0 amide bonds. The molecule has 0 fully saturated rings. The lowest BCUT2D eigenvalue weighted by Crippen LogP contribution is -2.34. The smallest absolute Gasteiger partial charge is 0.175 e. The van der Waals surface area contributed by atoms with E-state index in [4.69, 9.17) is 5.73 Å². The summed E-state index contributed by atoms with van der Waals surface area (Å²) in [5, 5.41) is 12.5. The summed E-state index contributed by atoms with van der Waals surface area (Å²) in [5.74, 6) is 0.299. The fourth-order valence-electron chi connectivity index (χ4n) is 2.97. The number of amidine groups is 1. The highest BCUT2D eigenvalue weighted by Gasteiger charge is 2.38. The van der Waals surface area contributed by atoms with Crippen LogP contribution in [0.15, 0.2) is 82.5 Å².